The molecule has 0 spiro atoms. The van der Waals surface area contributed by atoms with E-state index in [1.165, 1.54) is 4.70 Å². The highest BCUT2D eigenvalue weighted by Crippen LogP contribution is 2.23. The fourth-order valence-corrected chi connectivity index (χ4v) is 3.24. The lowest BCUT2D eigenvalue weighted by Crippen LogP contribution is -2.26. The van der Waals surface area contributed by atoms with Crippen LogP contribution in [0.25, 0.3) is 10.2 Å². The second-order valence-electron chi connectivity index (χ2n) is 4.84. The summed E-state index contributed by atoms with van der Waals surface area (Å²) < 4.78 is 6.37. The summed E-state index contributed by atoms with van der Waals surface area (Å²) in [5, 5.41) is 1.13. The van der Waals surface area contributed by atoms with E-state index in [2.05, 4.69) is 24.0 Å². The number of thiazole rings is 1. The Bertz CT molecular complexity index is 464. The zero-order chi connectivity index (χ0) is 13.0. The molecule has 2 rings (SSSR count). The van der Waals surface area contributed by atoms with E-state index in [4.69, 9.17) is 10.5 Å². The first kappa shape index (κ1) is 13.5. The van der Waals surface area contributed by atoms with Gasteiger partial charge < -0.3 is 10.5 Å². The molecule has 0 saturated heterocycles. The Kier molecular flexibility index (Phi) is 4.69. The maximum Gasteiger partial charge on any atom is 0.0954 e. The second-order valence-corrected chi connectivity index (χ2v) is 5.95. The van der Waals surface area contributed by atoms with Gasteiger partial charge in [-0.05, 0) is 24.5 Å². The number of ether oxygens (including phenoxy) is 1. The van der Waals surface area contributed by atoms with Crippen LogP contribution in [-0.4, -0.2) is 24.7 Å². The molecule has 0 aliphatic rings. The predicted molar refractivity (Wildman–Crippen MR) is 77.0 cm³/mol. The molecule has 0 saturated carbocycles. The fourth-order valence-electron chi connectivity index (χ4n) is 2.18. The molecule has 2 N–H and O–H groups in total. The van der Waals surface area contributed by atoms with Crippen molar-refractivity contribution in [2.75, 3.05) is 13.7 Å². The molecule has 0 amide bonds. The minimum absolute atomic E-state index is 0.163. The summed E-state index contributed by atoms with van der Waals surface area (Å²) in [5.41, 5.74) is 7.25. The molecule has 1 aromatic carbocycles. The number of aromatic nitrogens is 1. The molecule has 98 valence electrons. The first-order valence-electron chi connectivity index (χ1n) is 6.28. The summed E-state index contributed by atoms with van der Waals surface area (Å²) in [6.07, 6.45) is 1.83. The van der Waals surface area contributed by atoms with Gasteiger partial charge in [0.25, 0.3) is 0 Å². The van der Waals surface area contributed by atoms with Crippen molar-refractivity contribution in [2.45, 2.75) is 25.8 Å². The van der Waals surface area contributed by atoms with Crippen LogP contribution in [0.15, 0.2) is 24.3 Å². The van der Waals surface area contributed by atoms with Gasteiger partial charge in [0.2, 0.25) is 0 Å². The van der Waals surface area contributed by atoms with Crippen molar-refractivity contribution < 1.29 is 4.74 Å². The Morgan fingerprint density at radius 2 is 2.17 bits per heavy atom. The lowest BCUT2D eigenvalue weighted by molar-refractivity contribution is 0.152. The lowest BCUT2D eigenvalue weighted by Gasteiger charge is -2.15. The summed E-state index contributed by atoms with van der Waals surface area (Å²) in [6, 6.07) is 8.39. The third-order valence-electron chi connectivity index (χ3n) is 2.93. The van der Waals surface area contributed by atoms with Gasteiger partial charge in [0.15, 0.2) is 0 Å². The van der Waals surface area contributed by atoms with E-state index in [9.17, 15) is 0 Å². The molecule has 1 heterocycles. The molecule has 2 unspecified atom stereocenters. The van der Waals surface area contributed by atoms with Gasteiger partial charge in [-0.2, -0.15) is 0 Å². The summed E-state index contributed by atoms with van der Waals surface area (Å²) in [5.74, 6) is 0.499. The Morgan fingerprint density at radius 1 is 1.39 bits per heavy atom. The highest BCUT2D eigenvalue weighted by atomic mass is 32.1. The van der Waals surface area contributed by atoms with Crippen LogP contribution in [0.3, 0.4) is 0 Å². The zero-order valence-electron chi connectivity index (χ0n) is 10.9. The van der Waals surface area contributed by atoms with E-state index in [1.54, 1.807) is 18.4 Å². The molecule has 3 nitrogen and oxygen atoms in total. The number of rotatable bonds is 6. The van der Waals surface area contributed by atoms with Crippen molar-refractivity contribution in [3.8, 4) is 0 Å². The number of fused-ring (bicyclic) bond motifs is 1. The summed E-state index contributed by atoms with van der Waals surface area (Å²) >= 11 is 1.74. The molecule has 2 atom stereocenters. The SMILES string of the molecule is COCC(C)CC(N)Cc1nc2ccccc2s1. The van der Waals surface area contributed by atoms with E-state index in [0.717, 1.165) is 30.0 Å². The van der Waals surface area contributed by atoms with Crippen molar-refractivity contribution in [1.29, 1.82) is 0 Å². The van der Waals surface area contributed by atoms with Crippen LogP contribution in [0.5, 0.6) is 0 Å². The topological polar surface area (TPSA) is 48.1 Å². The fraction of sp³-hybridized carbons (Fsp3) is 0.500. The third-order valence-corrected chi connectivity index (χ3v) is 3.99. The van der Waals surface area contributed by atoms with Crippen LogP contribution < -0.4 is 5.73 Å². The van der Waals surface area contributed by atoms with Gasteiger partial charge >= 0.3 is 0 Å². The van der Waals surface area contributed by atoms with Gasteiger partial charge in [0.05, 0.1) is 15.2 Å². The molecular formula is C14H20N2OS. The lowest BCUT2D eigenvalue weighted by atomic mass is 10.0. The van der Waals surface area contributed by atoms with Crippen molar-refractivity contribution in [2.24, 2.45) is 11.7 Å². The summed E-state index contributed by atoms with van der Waals surface area (Å²) in [6.45, 7) is 2.94. The van der Waals surface area contributed by atoms with Crippen LogP contribution in [0.4, 0.5) is 0 Å². The zero-order valence-corrected chi connectivity index (χ0v) is 11.7. The molecule has 4 heteroatoms. The molecule has 0 fully saturated rings. The van der Waals surface area contributed by atoms with Gasteiger partial charge in [-0.25, -0.2) is 4.98 Å². The monoisotopic (exact) mass is 264 g/mol. The number of para-hydroxylation sites is 1. The standard InChI is InChI=1S/C14H20N2OS/c1-10(9-17-2)7-11(15)8-14-16-12-5-3-4-6-13(12)18-14/h3-6,10-11H,7-9,15H2,1-2H3. The van der Waals surface area contributed by atoms with Crippen LogP contribution in [0, 0.1) is 5.92 Å². The largest absolute Gasteiger partial charge is 0.384 e. The third kappa shape index (κ3) is 3.51. The number of hydrogen-bond donors (Lipinski definition) is 1. The van der Waals surface area contributed by atoms with Crippen molar-refractivity contribution >= 4 is 21.6 Å². The minimum atomic E-state index is 0.163. The number of methoxy groups -OCH3 is 1. The summed E-state index contributed by atoms with van der Waals surface area (Å²) in [7, 11) is 1.73. The molecule has 0 bridgehead atoms. The van der Waals surface area contributed by atoms with Crippen LogP contribution in [0.2, 0.25) is 0 Å². The Morgan fingerprint density at radius 3 is 2.89 bits per heavy atom. The summed E-state index contributed by atoms with van der Waals surface area (Å²) in [4.78, 5) is 4.61. The average Bonchev–Trinajstić information content (AvgIpc) is 2.70. The highest BCUT2D eigenvalue weighted by Gasteiger charge is 2.12. The first-order chi connectivity index (χ1) is 8.69. The smallest absolute Gasteiger partial charge is 0.0954 e. The van der Waals surface area contributed by atoms with E-state index >= 15 is 0 Å². The minimum Gasteiger partial charge on any atom is -0.384 e. The predicted octanol–water partition coefficient (Wildman–Crippen LogP) is 2.84. The Balaban J connectivity index is 1.96. The number of hydrogen-bond acceptors (Lipinski definition) is 4. The quantitative estimate of drug-likeness (QED) is 0.872. The second kappa shape index (κ2) is 6.27. The number of nitrogens with two attached hydrogens (primary N) is 1. The Labute approximate surface area is 112 Å². The van der Waals surface area contributed by atoms with E-state index in [1.807, 2.05) is 12.1 Å². The molecule has 0 aliphatic heterocycles. The molecule has 0 aliphatic carbocycles. The molecule has 2 aromatic rings. The molecule has 18 heavy (non-hydrogen) atoms. The van der Waals surface area contributed by atoms with Gasteiger partial charge in [-0.1, -0.05) is 19.1 Å². The maximum absolute atomic E-state index is 6.17. The Hall–Kier alpha value is -0.970. The van der Waals surface area contributed by atoms with Gasteiger partial charge in [-0.15, -0.1) is 11.3 Å². The van der Waals surface area contributed by atoms with Gasteiger partial charge in [0.1, 0.15) is 0 Å². The van der Waals surface area contributed by atoms with E-state index < -0.39 is 0 Å². The maximum atomic E-state index is 6.17. The van der Waals surface area contributed by atoms with Crippen molar-refractivity contribution in [3.63, 3.8) is 0 Å². The van der Waals surface area contributed by atoms with E-state index in [0.29, 0.717) is 5.92 Å². The molecule has 0 radical (unpaired) electrons. The van der Waals surface area contributed by atoms with Crippen LogP contribution in [0.1, 0.15) is 18.4 Å². The average molecular weight is 264 g/mol. The van der Waals surface area contributed by atoms with Crippen LogP contribution in [-0.2, 0) is 11.2 Å². The van der Waals surface area contributed by atoms with Crippen molar-refractivity contribution in [3.05, 3.63) is 29.3 Å². The van der Waals surface area contributed by atoms with Crippen molar-refractivity contribution in [1.82, 2.24) is 4.98 Å². The molecular weight excluding hydrogens is 244 g/mol. The van der Waals surface area contributed by atoms with Gasteiger partial charge in [-0.3, -0.25) is 0 Å². The van der Waals surface area contributed by atoms with E-state index in [-0.39, 0.29) is 6.04 Å². The normalized spacial score (nSPS) is 14.8. The van der Waals surface area contributed by atoms with Gasteiger partial charge in [0, 0.05) is 26.2 Å². The number of nitrogens with zero attached hydrogens (tertiary/aromatic N) is 1. The first-order valence-corrected chi connectivity index (χ1v) is 7.09. The highest BCUT2D eigenvalue weighted by molar-refractivity contribution is 7.18. The van der Waals surface area contributed by atoms with Crippen LogP contribution >= 0.6 is 11.3 Å². The molecule has 1 aromatic heterocycles. The number of benzene rings is 1.